The molecule has 1 saturated heterocycles. The second-order valence-electron chi connectivity index (χ2n) is 14.2. The second kappa shape index (κ2) is 11.5. The van der Waals surface area contributed by atoms with Crippen molar-refractivity contribution in [3.8, 4) is 28.5 Å². The number of fused-ring (bicyclic) bond motifs is 2. The molecule has 5 aromatic rings. The Morgan fingerprint density at radius 2 is 1.33 bits per heavy atom. The summed E-state index contributed by atoms with van der Waals surface area (Å²) in [6, 6.07) is 16.9. The number of nitrogens with zero attached hydrogens (tertiary/aromatic N) is 4. The summed E-state index contributed by atoms with van der Waals surface area (Å²) >= 11 is 0. The summed E-state index contributed by atoms with van der Waals surface area (Å²) in [4.78, 5) is 33.8. The normalized spacial score (nSPS) is 14.8. The van der Waals surface area contributed by atoms with E-state index in [1.165, 1.54) is 12.8 Å². The first-order valence-electron chi connectivity index (χ1n) is 15.6. The van der Waals surface area contributed by atoms with Crippen LogP contribution in [0.1, 0.15) is 52.7 Å². The van der Waals surface area contributed by atoms with E-state index in [0.717, 1.165) is 87.9 Å². The minimum atomic E-state index is -0.410. The monoisotopic (exact) mass is 608 g/mol. The number of carbonyl (C=O) groups is 1. The van der Waals surface area contributed by atoms with Crippen molar-refractivity contribution in [2.45, 2.75) is 52.4 Å². The molecule has 1 fully saturated rings. The Bertz CT molecular complexity index is 1830. The summed E-state index contributed by atoms with van der Waals surface area (Å²) in [5, 5.41) is 0. The van der Waals surface area contributed by atoms with E-state index in [-0.39, 0.29) is 17.4 Å². The standard InChI is InChI=1S/C36H44N6O3/c1-35(2,3)25-17-23(18-26(36(4,5)6)32(25)45-21-31(43)44-8)34-38-27-11-9-22(19-29(27)39-34)33-37-28-12-10-24(20-30(28)40-33)42-15-13-41(7)14-16-42/h9-12,17-20H,13-16,21H2,1-8H3,(H,37,40)(H,38,39). The first kappa shape index (κ1) is 30.6. The lowest BCUT2D eigenvalue weighted by molar-refractivity contribution is -0.142. The molecule has 236 valence electrons. The Hall–Kier alpha value is -4.37. The van der Waals surface area contributed by atoms with Crippen LogP contribution >= 0.6 is 0 Å². The van der Waals surface area contributed by atoms with Crippen molar-refractivity contribution >= 4 is 33.7 Å². The Morgan fingerprint density at radius 1 is 0.778 bits per heavy atom. The molecule has 1 aliphatic heterocycles. The number of likely N-dealkylation sites (N-methyl/N-ethyl adjacent to an activating group) is 1. The number of piperazine rings is 1. The number of aromatic amines is 2. The van der Waals surface area contributed by atoms with Crippen LogP contribution in [0.25, 0.3) is 44.8 Å². The number of hydrogen-bond acceptors (Lipinski definition) is 7. The van der Waals surface area contributed by atoms with Gasteiger partial charge in [-0.1, -0.05) is 41.5 Å². The molecule has 9 heteroatoms. The molecule has 0 bridgehead atoms. The van der Waals surface area contributed by atoms with Crippen LogP contribution in [-0.2, 0) is 20.4 Å². The van der Waals surface area contributed by atoms with Gasteiger partial charge in [0.1, 0.15) is 17.4 Å². The van der Waals surface area contributed by atoms with Crippen LogP contribution < -0.4 is 9.64 Å². The maximum atomic E-state index is 12.0. The van der Waals surface area contributed by atoms with E-state index in [2.05, 4.69) is 111 Å². The highest BCUT2D eigenvalue weighted by Crippen LogP contribution is 2.43. The van der Waals surface area contributed by atoms with Crippen molar-refractivity contribution in [2.24, 2.45) is 0 Å². The molecule has 0 spiro atoms. The number of carbonyl (C=O) groups excluding carboxylic acids is 1. The van der Waals surface area contributed by atoms with E-state index in [9.17, 15) is 4.79 Å². The largest absolute Gasteiger partial charge is 0.481 e. The summed E-state index contributed by atoms with van der Waals surface area (Å²) in [6.45, 7) is 16.9. The van der Waals surface area contributed by atoms with Gasteiger partial charge in [-0.15, -0.1) is 0 Å². The molecule has 0 amide bonds. The van der Waals surface area contributed by atoms with Gasteiger partial charge in [-0.25, -0.2) is 14.8 Å². The molecule has 0 atom stereocenters. The highest BCUT2D eigenvalue weighted by molar-refractivity contribution is 5.87. The number of nitrogens with one attached hydrogen (secondary N) is 2. The first-order valence-corrected chi connectivity index (χ1v) is 15.6. The molecule has 0 radical (unpaired) electrons. The summed E-state index contributed by atoms with van der Waals surface area (Å²) in [6.07, 6.45) is 0. The van der Waals surface area contributed by atoms with E-state index >= 15 is 0 Å². The number of rotatable bonds is 6. The fourth-order valence-electron chi connectivity index (χ4n) is 5.91. The van der Waals surface area contributed by atoms with E-state index in [1.54, 1.807) is 0 Å². The van der Waals surface area contributed by atoms with Crippen LogP contribution in [0.15, 0.2) is 48.5 Å². The fourth-order valence-corrected chi connectivity index (χ4v) is 5.91. The zero-order valence-corrected chi connectivity index (χ0v) is 27.7. The van der Waals surface area contributed by atoms with Crippen LogP contribution in [0.2, 0.25) is 0 Å². The summed E-state index contributed by atoms with van der Waals surface area (Å²) in [5.41, 5.74) is 8.51. The zero-order chi connectivity index (χ0) is 32.1. The van der Waals surface area contributed by atoms with Crippen LogP contribution in [-0.4, -0.2) is 77.7 Å². The van der Waals surface area contributed by atoms with Gasteiger partial charge in [0.05, 0.1) is 29.2 Å². The van der Waals surface area contributed by atoms with Crippen LogP contribution in [0, 0.1) is 0 Å². The van der Waals surface area contributed by atoms with Gasteiger partial charge in [-0.2, -0.15) is 0 Å². The number of H-pyrrole nitrogens is 2. The number of aromatic nitrogens is 4. The third kappa shape index (κ3) is 6.27. The molecule has 0 aliphatic carbocycles. The average molecular weight is 609 g/mol. The average Bonchev–Trinajstić information content (AvgIpc) is 3.62. The number of methoxy groups -OCH3 is 1. The molecule has 3 heterocycles. The lowest BCUT2D eigenvalue weighted by Gasteiger charge is -2.34. The zero-order valence-electron chi connectivity index (χ0n) is 27.7. The lowest BCUT2D eigenvalue weighted by Crippen LogP contribution is -2.44. The molecule has 0 saturated carbocycles. The van der Waals surface area contributed by atoms with E-state index < -0.39 is 5.97 Å². The van der Waals surface area contributed by atoms with Crippen molar-refractivity contribution in [1.82, 2.24) is 24.8 Å². The quantitative estimate of drug-likeness (QED) is 0.208. The molecular weight excluding hydrogens is 564 g/mol. The van der Waals surface area contributed by atoms with Gasteiger partial charge >= 0.3 is 5.97 Å². The predicted octanol–water partition coefficient (Wildman–Crippen LogP) is 6.67. The van der Waals surface area contributed by atoms with E-state index in [4.69, 9.17) is 19.4 Å². The molecule has 0 unspecified atom stereocenters. The highest BCUT2D eigenvalue weighted by atomic mass is 16.6. The SMILES string of the molecule is COC(=O)COc1c(C(C)(C)C)cc(-c2nc3ccc(-c4nc5ccc(N6CCN(C)CC6)cc5[nH]4)cc3[nH]2)cc1C(C)(C)C. The van der Waals surface area contributed by atoms with E-state index in [0.29, 0.717) is 0 Å². The second-order valence-corrected chi connectivity index (χ2v) is 14.2. The Labute approximate surface area is 265 Å². The van der Waals surface area contributed by atoms with Gasteiger partial charge < -0.3 is 29.2 Å². The Kier molecular flexibility index (Phi) is 7.85. The van der Waals surface area contributed by atoms with Gasteiger partial charge in [-0.05, 0) is 66.4 Å². The molecule has 1 aliphatic rings. The number of anilines is 1. The molecule has 6 rings (SSSR count). The minimum Gasteiger partial charge on any atom is -0.481 e. The van der Waals surface area contributed by atoms with Gasteiger partial charge in [0.15, 0.2) is 6.61 Å². The predicted molar refractivity (Wildman–Crippen MR) is 181 cm³/mol. The smallest absolute Gasteiger partial charge is 0.343 e. The molecule has 2 aromatic heterocycles. The maximum Gasteiger partial charge on any atom is 0.343 e. The van der Waals surface area contributed by atoms with Gasteiger partial charge in [0, 0.05) is 54.1 Å². The molecule has 9 nitrogen and oxygen atoms in total. The minimum absolute atomic E-state index is 0.144. The highest BCUT2D eigenvalue weighted by Gasteiger charge is 2.29. The van der Waals surface area contributed by atoms with Gasteiger partial charge in [0.25, 0.3) is 0 Å². The fraction of sp³-hybridized carbons (Fsp3) is 0.417. The van der Waals surface area contributed by atoms with E-state index in [1.807, 2.05) is 6.07 Å². The van der Waals surface area contributed by atoms with Crippen LogP contribution in [0.3, 0.4) is 0 Å². The number of ether oxygens (including phenoxy) is 2. The number of imidazole rings is 2. The number of benzene rings is 3. The topological polar surface area (TPSA) is 99.4 Å². The van der Waals surface area contributed by atoms with Crippen molar-refractivity contribution < 1.29 is 14.3 Å². The molecule has 3 aromatic carbocycles. The van der Waals surface area contributed by atoms with Crippen molar-refractivity contribution in [1.29, 1.82) is 0 Å². The van der Waals surface area contributed by atoms with Crippen molar-refractivity contribution in [2.75, 3.05) is 51.8 Å². The van der Waals surface area contributed by atoms with Crippen LogP contribution in [0.5, 0.6) is 5.75 Å². The molecule has 45 heavy (non-hydrogen) atoms. The van der Waals surface area contributed by atoms with Gasteiger partial charge in [0.2, 0.25) is 0 Å². The number of esters is 1. The lowest BCUT2D eigenvalue weighted by atomic mass is 9.78. The number of hydrogen-bond donors (Lipinski definition) is 2. The third-order valence-electron chi connectivity index (χ3n) is 8.63. The van der Waals surface area contributed by atoms with Gasteiger partial charge in [-0.3, -0.25) is 0 Å². The Balaban J connectivity index is 1.36. The van der Waals surface area contributed by atoms with Crippen molar-refractivity contribution in [3.05, 3.63) is 59.7 Å². The first-order chi connectivity index (χ1) is 21.3. The third-order valence-corrected chi connectivity index (χ3v) is 8.63. The molecular formula is C36H44N6O3. The maximum absolute atomic E-state index is 12.0. The summed E-state index contributed by atoms with van der Waals surface area (Å²) < 4.78 is 11.0. The Morgan fingerprint density at radius 3 is 1.91 bits per heavy atom. The molecule has 2 N–H and O–H groups in total. The van der Waals surface area contributed by atoms with Crippen molar-refractivity contribution in [3.63, 3.8) is 0 Å². The summed E-state index contributed by atoms with van der Waals surface area (Å²) in [5.74, 6) is 1.92. The van der Waals surface area contributed by atoms with Crippen LogP contribution in [0.4, 0.5) is 5.69 Å². The summed E-state index contributed by atoms with van der Waals surface area (Å²) in [7, 11) is 3.55.